The zero-order valence-corrected chi connectivity index (χ0v) is 9.63. The van der Waals surface area contributed by atoms with Crippen LogP contribution in [0.4, 0.5) is 0 Å². The first kappa shape index (κ1) is 15.5. The zero-order chi connectivity index (χ0) is 6.81. The molecule has 0 saturated heterocycles. The number of ether oxygens (including phenoxy) is 1. The van der Waals surface area contributed by atoms with Crippen molar-refractivity contribution in [3.8, 4) is 5.75 Å². The average Bonchev–Trinajstić information content (AvgIpc) is 2.05. The molecule has 1 nitrogen and oxygen atoms in total. The van der Waals surface area contributed by atoms with Crippen molar-refractivity contribution >= 4 is 17.0 Å². The van der Waals surface area contributed by atoms with Gasteiger partial charge in [-0.25, -0.2) is 0 Å². The molecule has 1 heterocycles. The normalized spacial score (nSPS) is 10.8. The van der Waals surface area contributed by atoms with Gasteiger partial charge in [-0.05, 0) is 12.1 Å². The van der Waals surface area contributed by atoms with E-state index in [4.69, 9.17) is 4.74 Å². The molecule has 13 heavy (non-hydrogen) atoms. The summed E-state index contributed by atoms with van der Waals surface area (Å²) in [5.74, 6) is 0.991. The number of benzene rings is 1. The van der Waals surface area contributed by atoms with Crippen LogP contribution < -0.4 is 4.74 Å². The Bertz CT molecular complexity index is 278. The Morgan fingerprint density at radius 2 is 1.85 bits per heavy atom. The van der Waals surface area contributed by atoms with E-state index in [-0.39, 0.29) is 44.5 Å². The molecule has 1 aliphatic heterocycles. The molecule has 1 aromatic carbocycles. The monoisotopic (exact) mass is 281 g/mol. The van der Waals surface area contributed by atoms with Gasteiger partial charge in [0.15, 0.2) is 0 Å². The van der Waals surface area contributed by atoms with Gasteiger partial charge < -0.3 is 4.74 Å². The molecule has 0 atom stereocenters. The van der Waals surface area contributed by atoms with Crippen LogP contribution in [0.3, 0.4) is 0 Å². The maximum absolute atomic E-state index is 5.34. The Labute approximate surface area is 103 Å². The zero-order valence-electron chi connectivity index (χ0n) is 6.70. The maximum Gasteiger partial charge on any atom is 0.126 e. The smallest absolute Gasteiger partial charge is 0.126 e. The van der Waals surface area contributed by atoms with Gasteiger partial charge in [-0.2, -0.15) is 0 Å². The molecular weight excluding hydrogens is 274 g/mol. The molecule has 0 unspecified atom stereocenters. The topological polar surface area (TPSA) is 9.23 Å². The van der Waals surface area contributed by atoms with E-state index in [9.17, 15) is 0 Å². The first-order valence-corrected chi connectivity index (χ1v) is 3.35. The van der Waals surface area contributed by atoms with Crippen LogP contribution in [0, 0.1) is 0 Å². The Hall–Kier alpha value is -0.0101. The molecule has 0 saturated carbocycles. The minimum absolute atomic E-state index is 0. The molecule has 1 aliphatic rings. The number of hydrogen-bond acceptors (Lipinski definition) is 1. The van der Waals surface area contributed by atoms with Crippen molar-refractivity contribution in [2.24, 2.45) is 0 Å². The van der Waals surface area contributed by atoms with Gasteiger partial charge >= 0.3 is 0 Å². The Kier molecular flexibility index (Phi) is 8.80. The van der Waals surface area contributed by atoms with Crippen LogP contribution in [0.5, 0.6) is 5.75 Å². The average molecular weight is 282 g/mol. The maximum atomic E-state index is 5.34. The molecule has 75 valence electrons. The van der Waals surface area contributed by atoms with Crippen LogP contribution >= 0.6 is 0 Å². The number of para-hydroxylation sites is 1. The van der Waals surface area contributed by atoms with Gasteiger partial charge in [0.05, 0.1) is 0 Å². The summed E-state index contributed by atoms with van der Waals surface area (Å²) in [4.78, 5) is 0. The summed E-state index contributed by atoms with van der Waals surface area (Å²) in [6, 6.07) is 8.03. The van der Waals surface area contributed by atoms with Crippen LogP contribution in [-0.2, 0) is 33.6 Å². The summed E-state index contributed by atoms with van der Waals surface area (Å²) in [5, 5.41) is 0. The first-order valence-electron chi connectivity index (χ1n) is 3.35. The van der Waals surface area contributed by atoms with E-state index in [1.54, 1.807) is 0 Å². The van der Waals surface area contributed by atoms with Gasteiger partial charge in [-0.15, -0.1) is 0 Å². The van der Waals surface area contributed by atoms with Gasteiger partial charge in [-0.3, -0.25) is 0 Å². The quantitative estimate of drug-likeness (QED) is 0.658. The van der Waals surface area contributed by atoms with E-state index in [1.807, 2.05) is 30.3 Å². The Balaban J connectivity index is 0. The summed E-state index contributed by atoms with van der Waals surface area (Å²) in [7, 11) is 0. The molecule has 0 aliphatic carbocycles. The summed E-state index contributed by atoms with van der Waals surface area (Å²) < 4.78 is 5.34. The number of rotatable bonds is 0. The minimum atomic E-state index is 0. The van der Waals surface area contributed by atoms with E-state index >= 15 is 0 Å². The summed E-state index contributed by atoms with van der Waals surface area (Å²) >= 11 is 0. The van der Waals surface area contributed by atoms with Crippen molar-refractivity contribution in [2.45, 2.75) is 0 Å². The van der Waals surface area contributed by atoms with E-state index in [0.717, 1.165) is 5.75 Å². The molecule has 0 N–H and O–H groups in total. The molecule has 0 bridgehead atoms. The number of hydrogen-bond donors (Lipinski definition) is 0. The van der Waals surface area contributed by atoms with Gasteiger partial charge in [0.25, 0.3) is 0 Å². The van der Waals surface area contributed by atoms with Crippen molar-refractivity contribution in [3.05, 3.63) is 35.9 Å². The second-order valence-corrected chi connectivity index (χ2v) is 2.25. The summed E-state index contributed by atoms with van der Waals surface area (Å²) in [6.45, 7) is 0.705. The Morgan fingerprint density at radius 1 is 1.15 bits per heavy atom. The van der Waals surface area contributed by atoms with Crippen molar-refractivity contribution in [1.82, 2.24) is 0 Å². The predicted molar refractivity (Wildman–Crippen MR) is 46.7 cm³/mol. The third-order valence-electron chi connectivity index (χ3n) is 1.55. The summed E-state index contributed by atoms with van der Waals surface area (Å²) in [5.41, 5.74) is 1.17. The van der Waals surface area contributed by atoms with E-state index in [1.165, 1.54) is 5.56 Å². The Morgan fingerprint density at radius 3 is 2.54 bits per heavy atom. The van der Waals surface area contributed by atoms with Gasteiger partial charge in [-0.1, -0.05) is 24.3 Å². The molecular formula is C9H8CuNiOSi. The van der Waals surface area contributed by atoms with Crippen molar-refractivity contribution in [2.75, 3.05) is 6.61 Å². The fraction of sp³-hybridized carbons (Fsp3) is 0.111. The van der Waals surface area contributed by atoms with Crippen LogP contribution in [-0.4, -0.2) is 17.6 Å². The van der Waals surface area contributed by atoms with Gasteiger partial charge in [0.1, 0.15) is 12.4 Å². The van der Waals surface area contributed by atoms with E-state index in [0.29, 0.717) is 6.61 Å². The third-order valence-corrected chi connectivity index (χ3v) is 1.55. The van der Waals surface area contributed by atoms with E-state index < -0.39 is 0 Å². The summed E-state index contributed by atoms with van der Waals surface area (Å²) in [6.07, 6.45) is 4.10. The van der Waals surface area contributed by atoms with Crippen LogP contribution in [0.15, 0.2) is 30.3 Å². The van der Waals surface area contributed by atoms with Gasteiger partial charge in [0, 0.05) is 50.1 Å². The molecule has 5 radical (unpaired) electrons. The largest absolute Gasteiger partial charge is 0.489 e. The number of fused-ring (bicyclic) bond motifs is 1. The van der Waals surface area contributed by atoms with Gasteiger partial charge in [0.2, 0.25) is 0 Å². The van der Waals surface area contributed by atoms with E-state index in [2.05, 4.69) is 6.08 Å². The fourth-order valence-electron chi connectivity index (χ4n) is 1.06. The molecule has 0 fully saturated rings. The molecule has 0 aromatic heterocycles. The fourth-order valence-corrected chi connectivity index (χ4v) is 1.06. The molecule has 1 aromatic rings. The van der Waals surface area contributed by atoms with Crippen LogP contribution in [0.1, 0.15) is 5.56 Å². The second kappa shape index (κ2) is 7.40. The van der Waals surface area contributed by atoms with Crippen LogP contribution in [0.2, 0.25) is 0 Å². The SMILES string of the molecule is C1=Cc2ccccc2OC1.[Cu].[Ni].[Si]. The molecule has 2 rings (SSSR count). The van der Waals surface area contributed by atoms with Crippen molar-refractivity contribution in [1.29, 1.82) is 0 Å². The van der Waals surface area contributed by atoms with Crippen molar-refractivity contribution < 1.29 is 38.3 Å². The third kappa shape index (κ3) is 3.70. The van der Waals surface area contributed by atoms with Crippen LogP contribution in [0.25, 0.3) is 6.08 Å². The second-order valence-electron chi connectivity index (χ2n) is 2.25. The predicted octanol–water partition coefficient (Wildman–Crippen LogP) is 1.71. The minimum Gasteiger partial charge on any atom is -0.489 e. The molecule has 0 spiro atoms. The standard InChI is InChI=1S/C9H8O.Cu.Ni.Si/c1-2-6-9-8(4-1)5-3-7-10-9;;;/h1-6H,7H2;;;. The molecule has 4 heteroatoms. The first-order chi connectivity index (χ1) is 4.97. The molecule has 0 amide bonds. The van der Waals surface area contributed by atoms with Crippen molar-refractivity contribution in [3.63, 3.8) is 0 Å².